The van der Waals surface area contributed by atoms with E-state index in [1.54, 1.807) is 11.3 Å². The highest BCUT2D eigenvalue weighted by atomic mass is 32.1. The van der Waals surface area contributed by atoms with Crippen molar-refractivity contribution in [3.05, 3.63) is 140 Å². The maximum atomic E-state index is 5.06. The second-order valence-electron chi connectivity index (χ2n) is 10.2. The lowest BCUT2D eigenvalue weighted by Crippen LogP contribution is -2.01. The van der Waals surface area contributed by atoms with E-state index in [4.69, 9.17) is 24.9 Å². The van der Waals surface area contributed by atoms with Crippen molar-refractivity contribution in [1.82, 2.24) is 24.9 Å². The third-order valence-electron chi connectivity index (χ3n) is 7.37. The van der Waals surface area contributed by atoms with Gasteiger partial charge in [-0.25, -0.2) is 24.9 Å². The number of hydrogen-bond acceptors (Lipinski definition) is 6. The Kier molecular flexibility index (Phi) is 6.24. The summed E-state index contributed by atoms with van der Waals surface area (Å²) in [5.41, 5.74) is 6.56. The normalized spacial score (nSPS) is 11.3. The first-order chi connectivity index (χ1) is 21.3. The van der Waals surface area contributed by atoms with Crippen molar-refractivity contribution in [2.45, 2.75) is 0 Å². The molecule has 0 fully saturated rings. The monoisotopic (exact) mass is 569 g/mol. The van der Waals surface area contributed by atoms with Gasteiger partial charge in [0.25, 0.3) is 0 Å². The summed E-state index contributed by atoms with van der Waals surface area (Å²) < 4.78 is 1.17. The highest BCUT2D eigenvalue weighted by Crippen LogP contribution is 2.37. The lowest BCUT2D eigenvalue weighted by Gasteiger charge is -2.09. The van der Waals surface area contributed by atoms with Crippen LogP contribution in [0.25, 0.3) is 77.1 Å². The second-order valence-corrected chi connectivity index (χ2v) is 11.2. The second kappa shape index (κ2) is 10.7. The summed E-state index contributed by atoms with van der Waals surface area (Å²) in [7, 11) is 0. The summed E-state index contributed by atoms with van der Waals surface area (Å²) in [6.07, 6.45) is 0. The zero-order chi connectivity index (χ0) is 28.6. The van der Waals surface area contributed by atoms with Gasteiger partial charge in [-0.05, 0) is 29.7 Å². The molecule has 0 unspecified atom stereocenters. The van der Waals surface area contributed by atoms with Gasteiger partial charge in [0.05, 0.1) is 15.9 Å². The number of fused-ring (bicyclic) bond motifs is 3. The smallest absolute Gasteiger partial charge is 0.182 e. The molecule has 0 N–H and O–H groups in total. The minimum atomic E-state index is 0.535. The zero-order valence-corrected chi connectivity index (χ0v) is 23.7. The van der Waals surface area contributed by atoms with Crippen molar-refractivity contribution in [2.24, 2.45) is 0 Å². The van der Waals surface area contributed by atoms with Crippen molar-refractivity contribution in [3.8, 4) is 56.1 Å². The average Bonchev–Trinajstić information content (AvgIpc) is 3.54. The Morgan fingerprint density at radius 2 is 0.977 bits per heavy atom. The van der Waals surface area contributed by atoms with Crippen LogP contribution in [0.4, 0.5) is 0 Å². The van der Waals surface area contributed by atoms with Gasteiger partial charge in [-0.1, -0.05) is 115 Å². The van der Waals surface area contributed by atoms with Crippen molar-refractivity contribution in [1.29, 1.82) is 0 Å². The Hall–Kier alpha value is -5.59. The first-order valence-electron chi connectivity index (χ1n) is 14.0. The van der Waals surface area contributed by atoms with Gasteiger partial charge < -0.3 is 0 Å². The van der Waals surface area contributed by atoms with Gasteiger partial charge >= 0.3 is 0 Å². The zero-order valence-electron chi connectivity index (χ0n) is 22.9. The van der Waals surface area contributed by atoms with Crippen molar-refractivity contribution < 1.29 is 0 Å². The van der Waals surface area contributed by atoms with E-state index in [1.807, 2.05) is 97.1 Å². The van der Waals surface area contributed by atoms with Crippen LogP contribution in [0, 0.1) is 0 Å². The molecule has 0 aliphatic rings. The van der Waals surface area contributed by atoms with Crippen molar-refractivity contribution in [2.75, 3.05) is 0 Å². The van der Waals surface area contributed by atoms with E-state index in [1.165, 1.54) is 15.5 Å². The maximum absolute atomic E-state index is 5.06. The number of thiazole rings is 1. The van der Waals surface area contributed by atoms with E-state index in [0.29, 0.717) is 23.2 Å². The molecular weight excluding hydrogens is 547 g/mol. The molecule has 0 atom stereocenters. The molecule has 3 aromatic heterocycles. The molecule has 3 heterocycles. The average molecular weight is 570 g/mol. The van der Waals surface area contributed by atoms with Gasteiger partial charge in [-0.15, -0.1) is 11.3 Å². The molecular formula is C37H23N5S. The predicted octanol–water partition coefficient (Wildman–Crippen LogP) is 9.36. The number of nitrogens with zero attached hydrogens (tertiary/aromatic N) is 5. The summed E-state index contributed by atoms with van der Waals surface area (Å²) in [5, 5.41) is 3.36. The maximum Gasteiger partial charge on any atom is 0.182 e. The van der Waals surface area contributed by atoms with Crippen molar-refractivity contribution >= 4 is 32.3 Å². The molecule has 0 radical (unpaired) electrons. The summed E-state index contributed by atoms with van der Waals surface area (Å²) in [5.74, 6) is 1.76. The van der Waals surface area contributed by atoms with Gasteiger partial charge in [0.1, 0.15) is 10.7 Å². The summed E-state index contributed by atoms with van der Waals surface area (Å²) in [4.78, 5) is 24.5. The molecule has 202 valence electrons. The first kappa shape index (κ1) is 25.1. The molecule has 0 bridgehead atoms. The minimum absolute atomic E-state index is 0.535. The van der Waals surface area contributed by atoms with Crippen LogP contribution >= 0.6 is 11.3 Å². The summed E-state index contributed by atoms with van der Waals surface area (Å²) in [6.45, 7) is 0. The lowest BCUT2D eigenvalue weighted by molar-refractivity contribution is 1.06. The largest absolute Gasteiger partial charge is 0.244 e. The highest BCUT2D eigenvalue weighted by molar-refractivity contribution is 7.22. The molecule has 0 aliphatic heterocycles. The fraction of sp³-hybridized carbons (Fsp3) is 0. The molecule has 0 saturated carbocycles. The Morgan fingerprint density at radius 1 is 0.395 bits per heavy atom. The summed E-state index contributed by atoms with van der Waals surface area (Å²) in [6, 6.07) is 47.0. The lowest BCUT2D eigenvalue weighted by atomic mass is 10.0. The van der Waals surface area contributed by atoms with Crippen LogP contribution in [0.5, 0.6) is 0 Å². The number of benzene rings is 5. The van der Waals surface area contributed by atoms with E-state index in [-0.39, 0.29) is 0 Å². The third kappa shape index (κ3) is 4.84. The van der Waals surface area contributed by atoms with Crippen molar-refractivity contribution in [3.63, 3.8) is 0 Å². The van der Waals surface area contributed by atoms with Crippen LogP contribution in [-0.4, -0.2) is 24.9 Å². The molecule has 5 nitrogen and oxygen atoms in total. The highest BCUT2D eigenvalue weighted by Gasteiger charge is 2.15. The van der Waals surface area contributed by atoms with Gasteiger partial charge in [0.15, 0.2) is 17.5 Å². The van der Waals surface area contributed by atoms with E-state index in [9.17, 15) is 0 Å². The Labute approximate surface area is 252 Å². The molecule has 0 aliphatic carbocycles. The number of hydrogen-bond donors (Lipinski definition) is 0. The molecule has 0 amide bonds. The Morgan fingerprint density at radius 3 is 1.65 bits per heavy atom. The molecule has 8 aromatic rings. The first-order valence-corrected chi connectivity index (χ1v) is 14.8. The number of rotatable bonds is 5. The molecule has 6 heteroatoms. The van der Waals surface area contributed by atoms with Crippen LogP contribution < -0.4 is 0 Å². The van der Waals surface area contributed by atoms with Gasteiger partial charge in [0, 0.05) is 27.6 Å². The van der Waals surface area contributed by atoms with Gasteiger partial charge in [0.2, 0.25) is 0 Å². The number of aromatic nitrogens is 5. The van der Waals surface area contributed by atoms with E-state index >= 15 is 0 Å². The molecule has 0 saturated heterocycles. The molecule has 8 rings (SSSR count). The van der Waals surface area contributed by atoms with Gasteiger partial charge in [-0.2, -0.15) is 0 Å². The van der Waals surface area contributed by atoms with Crippen LogP contribution in [0.1, 0.15) is 0 Å². The fourth-order valence-corrected chi connectivity index (χ4v) is 6.31. The topological polar surface area (TPSA) is 64.5 Å². The van der Waals surface area contributed by atoms with Crippen LogP contribution in [0.2, 0.25) is 0 Å². The quantitative estimate of drug-likeness (QED) is 0.207. The minimum Gasteiger partial charge on any atom is -0.244 e. The Balaban J connectivity index is 1.24. The van der Waals surface area contributed by atoms with E-state index in [2.05, 4.69) is 42.5 Å². The third-order valence-corrected chi connectivity index (χ3v) is 8.52. The fourth-order valence-electron chi connectivity index (χ4n) is 5.21. The van der Waals surface area contributed by atoms with Gasteiger partial charge in [-0.3, -0.25) is 0 Å². The molecule has 5 aromatic carbocycles. The van der Waals surface area contributed by atoms with Crippen LogP contribution in [-0.2, 0) is 0 Å². The summed E-state index contributed by atoms with van der Waals surface area (Å²) >= 11 is 1.72. The van der Waals surface area contributed by atoms with Crippen LogP contribution in [0.15, 0.2) is 140 Å². The van der Waals surface area contributed by atoms with E-state index < -0.39 is 0 Å². The van der Waals surface area contributed by atoms with E-state index in [0.717, 1.165) is 38.5 Å². The molecule has 0 spiro atoms. The SMILES string of the molecule is c1ccc(-c2nc(-c3ccccc3)nc(-c3cccc(-c4ccc5ccc6nc(-c7ccccc7)sc6c5c4)n3)n2)cc1. The Bertz CT molecular complexity index is 2170. The standard InChI is InChI=1S/C37H23N5S/c1-4-11-25(12-5-1)34-40-35(26-13-6-2-7-14-26)42-36(41-34)32-18-10-17-30(38-32)28-20-19-24-21-22-31-33(29(24)23-28)43-37(39-31)27-15-8-3-9-16-27/h1-23H. The number of pyridine rings is 1. The predicted molar refractivity (Wildman–Crippen MR) is 175 cm³/mol. The molecule has 43 heavy (non-hydrogen) atoms. The van der Waals surface area contributed by atoms with Crippen LogP contribution in [0.3, 0.4) is 0 Å².